The largest absolute Gasteiger partial charge is 0.473 e. The van der Waals surface area contributed by atoms with Crippen molar-refractivity contribution in [1.82, 2.24) is 0 Å². The SMILES string of the molecule is CCCCCCC(=COC=C(CC)CCCCCC)CC. The molecule has 0 aromatic carbocycles. The number of unbranched alkanes of at least 4 members (excludes halogenated alkanes) is 6. The van der Waals surface area contributed by atoms with Crippen LogP contribution in [0.15, 0.2) is 23.7 Å². The Balaban J connectivity index is 4.03. The molecule has 0 bridgehead atoms. The fraction of sp³-hybridized carbons (Fsp3) is 0.800. The molecular weight excluding hydrogens is 256 g/mol. The van der Waals surface area contributed by atoms with E-state index in [9.17, 15) is 0 Å². The molecule has 0 saturated carbocycles. The summed E-state index contributed by atoms with van der Waals surface area (Å²) in [4.78, 5) is 0. The Morgan fingerprint density at radius 1 is 0.619 bits per heavy atom. The van der Waals surface area contributed by atoms with Crippen molar-refractivity contribution in [2.75, 3.05) is 0 Å². The topological polar surface area (TPSA) is 9.23 Å². The molecule has 0 aromatic heterocycles. The molecule has 0 spiro atoms. The van der Waals surface area contributed by atoms with E-state index in [1.54, 1.807) is 0 Å². The van der Waals surface area contributed by atoms with Crippen LogP contribution >= 0.6 is 0 Å². The van der Waals surface area contributed by atoms with E-state index in [4.69, 9.17) is 4.74 Å². The second-order valence-corrected chi connectivity index (χ2v) is 6.02. The Kier molecular flexibility index (Phi) is 15.1. The Bertz CT molecular complexity index is 248. The summed E-state index contributed by atoms with van der Waals surface area (Å²) in [6.45, 7) is 8.98. The third kappa shape index (κ3) is 12.7. The Morgan fingerprint density at radius 3 is 1.38 bits per heavy atom. The summed E-state index contributed by atoms with van der Waals surface area (Å²) < 4.78 is 5.73. The van der Waals surface area contributed by atoms with Gasteiger partial charge in [-0.05, 0) is 49.7 Å². The highest BCUT2D eigenvalue weighted by molar-refractivity contribution is 5.01. The molecule has 0 N–H and O–H groups in total. The van der Waals surface area contributed by atoms with Crippen molar-refractivity contribution in [2.45, 2.75) is 105 Å². The van der Waals surface area contributed by atoms with Crippen LogP contribution in [0, 0.1) is 0 Å². The molecule has 124 valence electrons. The summed E-state index contributed by atoms with van der Waals surface area (Å²) in [7, 11) is 0. The Labute approximate surface area is 133 Å². The van der Waals surface area contributed by atoms with E-state index in [1.807, 2.05) is 12.5 Å². The minimum atomic E-state index is 1.11. The van der Waals surface area contributed by atoms with Gasteiger partial charge in [-0.2, -0.15) is 0 Å². The predicted molar refractivity (Wildman–Crippen MR) is 95.4 cm³/mol. The van der Waals surface area contributed by atoms with Crippen molar-refractivity contribution >= 4 is 0 Å². The third-order valence-corrected chi connectivity index (χ3v) is 4.08. The van der Waals surface area contributed by atoms with Crippen LogP contribution in [0.5, 0.6) is 0 Å². The van der Waals surface area contributed by atoms with E-state index in [-0.39, 0.29) is 0 Å². The molecular formula is C20H38O. The van der Waals surface area contributed by atoms with Gasteiger partial charge < -0.3 is 4.74 Å². The summed E-state index contributed by atoms with van der Waals surface area (Å²) in [6.07, 6.45) is 19.2. The Morgan fingerprint density at radius 2 is 1.05 bits per heavy atom. The summed E-state index contributed by atoms with van der Waals surface area (Å²) in [5, 5.41) is 0. The molecule has 0 unspecified atom stereocenters. The maximum atomic E-state index is 5.73. The first-order valence-electron chi connectivity index (χ1n) is 9.29. The van der Waals surface area contributed by atoms with Gasteiger partial charge in [0.2, 0.25) is 0 Å². The van der Waals surface area contributed by atoms with Crippen molar-refractivity contribution in [3.63, 3.8) is 0 Å². The van der Waals surface area contributed by atoms with Gasteiger partial charge in [0.15, 0.2) is 0 Å². The minimum absolute atomic E-state index is 1.11. The van der Waals surface area contributed by atoms with Crippen LogP contribution in [0.3, 0.4) is 0 Å². The second-order valence-electron chi connectivity index (χ2n) is 6.02. The summed E-state index contributed by atoms with van der Waals surface area (Å²) in [5.74, 6) is 0. The van der Waals surface area contributed by atoms with Crippen LogP contribution < -0.4 is 0 Å². The molecule has 0 heterocycles. The normalized spacial score (nSPS) is 12.8. The van der Waals surface area contributed by atoms with Crippen molar-refractivity contribution in [3.8, 4) is 0 Å². The van der Waals surface area contributed by atoms with Gasteiger partial charge in [0.25, 0.3) is 0 Å². The molecule has 1 nitrogen and oxygen atoms in total. The first kappa shape index (κ1) is 20.3. The van der Waals surface area contributed by atoms with Gasteiger partial charge in [-0.25, -0.2) is 0 Å². The van der Waals surface area contributed by atoms with E-state index in [2.05, 4.69) is 27.7 Å². The smallest absolute Gasteiger partial charge is 0.0893 e. The van der Waals surface area contributed by atoms with Gasteiger partial charge in [-0.1, -0.05) is 66.2 Å². The van der Waals surface area contributed by atoms with Crippen LogP contribution in [0.25, 0.3) is 0 Å². The number of hydrogen-bond acceptors (Lipinski definition) is 1. The number of ether oxygens (including phenoxy) is 1. The maximum Gasteiger partial charge on any atom is 0.0893 e. The third-order valence-electron chi connectivity index (χ3n) is 4.08. The average molecular weight is 295 g/mol. The zero-order valence-electron chi connectivity index (χ0n) is 15.0. The highest BCUT2D eigenvalue weighted by Crippen LogP contribution is 2.16. The summed E-state index contributed by atoms with van der Waals surface area (Å²) in [6, 6.07) is 0. The molecule has 21 heavy (non-hydrogen) atoms. The van der Waals surface area contributed by atoms with Gasteiger partial charge in [-0.15, -0.1) is 0 Å². The molecule has 0 rings (SSSR count). The van der Waals surface area contributed by atoms with E-state index in [1.165, 1.54) is 75.4 Å². The van der Waals surface area contributed by atoms with Crippen LogP contribution in [-0.2, 0) is 4.74 Å². The Hall–Kier alpha value is -0.720. The molecule has 1 heteroatoms. The van der Waals surface area contributed by atoms with Gasteiger partial charge in [0.1, 0.15) is 0 Å². The van der Waals surface area contributed by atoms with Gasteiger partial charge in [-0.3, -0.25) is 0 Å². The molecule has 0 fully saturated rings. The molecule has 0 atom stereocenters. The monoisotopic (exact) mass is 294 g/mol. The lowest BCUT2D eigenvalue weighted by molar-refractivity contribution is 0.385. The van der Waals surface area contributed by atoms with Crippen molar-refractivity contribution in [1.29, 1.82) is 0 Å². The molecule has 0 aliphatic rings. The van der Waals surface area contributed by atoms with E-state index in [0.717, 1.165) is 12.8 Å². The molecule has 0 aromatic rings. The van der Waals surface area contributed by atoms with Gasteiger partial charge in [0, 0.05) is 0 Å². The molecule has 0 aliphatic heterocycles. The zero-order valence-corrected chi connectivity index (χ0v) is 15.0. The number of allylic oxidation sites excluding steroid dienone is 2. The fourth-order valence-electron chi connectivity index (χ4n) is 2.42. The lowest BCUT2D eigenvalue weighted by atomic mass is 10.1. The molecule has 0 radical (unpaired) electrons. The standard InChI is InChI=1S/C20H38O/c1-5-9-11-13-15-19(7-3)17-21-18-20(8-4)16-14-12-10-6-2/h17-18H,5-16H2,1-4H3. The van der Waals surface area contributed by atoms with Gasteiger partial charge in [0.05, 0.1) is 12.5 Å². The molecule has 0 aliphatic carbocycles. The van der Waals surface area contributed by atoms with Crippen LogP contribution in [0.2, 0.25) is 0 Å². The maximum absolute atomic E-state index is 5.73. The number of rotatable bonds is 14. The number of hydrogen-bond donors (Lipinski definition) is 0. The van der Waals surface area contributed by atoms with Crippen LogP contribution in [0.1, 0.15) is 105 Å². The average Bonchev–Trinajstić information content (AvgIpc) is 2.51. The van der Waals surface area contributed by atoms with Crippen LogP contribution in [0.4, 0.5) is 0 Å². The second kappa shape index (κ2) is 15.7. The van der Waals surface area contributed by atoms with Crippen molar-refractivity contribution < 1.29 is 4.74 Å². The highest BCUT2D eigenvalue weighted by atomic mass is 16.5. The molecule has 0 amide bonds. The highest BCUT2D eigenvalue weighted by Gasteiger charge is 1.97. The quantitative estimate of drug-likeness (QED) is 0.237. The first-order chi connectivity index (χ1) is 10.3. The van der Waals surface area contributed by atoms with Crippen molar-refractivity contribution in [3.05, 3.63) is 23.7 Å². The fourth-order valence-corrected chi connectivity index (χ4v) is 2.42. The summed E-state index contributed by atoms with van der Waals surface area (Å²) >= 11 is 0. The minimum Gasteiger partial charge on any atom is -0.473 e. The van der Waals surface area contributed by atoms with Crippen molar-refractivity contribution in [2.24, 2.45) is 0 Å². The van der Waals surface area contributed by atoms with E-state index < -0.39 is 0 Å². The summed E-state index contributed by atoms with van der Waals surface area (Å²) in [5.41, 5.74) is 2.90. The van der Waals surface area contributed by atoms with E-state index >= 15 is 0 Å². The lowest BCUT2D eigenvalue weighted by Crippen LogP contribution is -1.87. The first-order valence-corrected chi connectivity index (χ1v) is 9.29. The van der Waals surface area contributed by atoms with Gasteiger partial charge >= 0.3 is 0 Å². The van der Waals surface area contributed by atoms with E-state index in [0.29, 0.717) is 0 Å². The van der Waals surface area contributed by atoms with Crippen LogP contribution in [-0.4, -0.2) is 0 Å². The molecule has 0 saturated heterocycles. The lowest BCUT2D eigenvalue weighted by Gasteiger charge is -2.06. The zero-order chi connectivity index (χ0) is 15.8. The predicted octanol–water partition coefficient (Wildman–Crippen LogP) is 7.53.